The molecule has 0 aromatic heterocycles. The number of unbranched alkanes of at least 4 members (excludes halogenated alkanes) is 12. The standard InChI is InChI=1S/C42H64N6O4/c1-4-5-6-7-8-9-10-11-12-13-14-15-22-27-38(49)44-36-32-46(41(51)33(2)43-3)30-31-47-29-28-37(48(47)42(36)52)40(50)45-39(34-23-18-16-19-24-34)35-25-20-17-21-26-35/h16-21,23-26,33,36-37,39,43H,4-15,22,27-32H2,1-3H3,(H,44,49)(H,45,50)/t33-,36+,37+/m1/s1. The Morgan fingerprint density at radius 3 is 1.83 bits per heavy atom. The molecular weight excluding hydrogens is 652 g/mol. The summed E-state index contributed by atoms with van der Waals surface area (Å²) < 4.78 is 0. The first-order valence-electron chi connectivity index (χ1n) is 20.1. The van der Waals surface area contributed by atoms with Gasteiger partial charge in [-0.15, -0.1) is 0 Å². The van der Waals surface area contributed by atoms with Crippen molar-refractivity contribution in [2.45, 2.75) is 134 Å². The number of hydrogen-bond acceptors (Lipinski definition) is 6. The van der Waals surface area contributed by atoms with Crippen LogP contribution in [0.15, 0.2) is 60.7 Å². The maximum absolute atomic E-state index is 14.4. The van der Waals surface area contributed by atoms with Crippen LogP contribution in [-0.2, 0) is 19.2 Å². The van der Waals surface area contributed by atoms with E-state index < -0.39 is 18.1 Å². The van der Waals surface area contributed by atoms with Crippen LogP contribution in [0.5, 0.6) is 0 Å². The average Bonchev–Trinajstić information content (AvgIpc) is 3.59. The zero-order chi connectivity index (χ0) is 37.1. The number of hydrazine groups is 1. The first-order chi connectivity index (χ1) is 25.3. The first-order valence-corrected chi connectivity index (χ1v) is 20.1. The fraction of sp³-hybridized carbons (Fsp3) is 0.619. The normalized spacial score (nSPS) is 18.5. The molecule has 2 heterocycles. The fourth-order valence-electron chi connectivity index (χ4n) is 7.40. The molecule has 4 rings (SSSR count). The van der Waals surface area contributed by atoms with Gasteiger partial charge < -0.3 is 20.9 Å². The smallest absolute Gasteiger partial charge is 0.262 e. The molecule has 2 saturated heterocycles. The summed E-state index contributed by atoms with van der Waals surface area (Å²) in [5, 5.41) is 12.7. The molecule has 52 heavy (non-hydrogen) atoms. The highest BCUT2D eigenvalue weighted by atomic mass is 16.2. The zero-order valence-corrected chi connectivity index (χ0v) is 32.0. The van der Waals surface area contributed by atoms with E-state index in [1.807, 2.05) is 65.7 Å². The molecule has 0 saturated carbocycles. The largest absolute Gasteiger partial charge is 0.343 e. The van der Waals surface area contributed by atoms with Gasteiger partial charge in [-0.1, -0.05) is 145 Å². The van der Waals surface area contributed by atoms with Crippen LogP contribution in [0.3, 0.4) is 0 Å². The van der Waals surface area contributed by atoms with Crippen molar-refractivity contribution in [3.05, 3.63) is 71.8 Å². The molecule has 2 fully saturated rings. The van der Waals surface area contributed by atoms with E-state index in [4.69, 9.17) is 0 Å². The van der Waals surface area contributed by atoms with Gasteiger partial charge >= 0.3 is 0 Å². The summed E-state index contributed by atoms with van der Waals surface area (Å²) in [5.74, 6) is -0.928. The summed E-state index contributed by atoms with van der Waals surface area (Å²) in [7, 11) is 1.73. The number of rotatable bonds is 21. The molecule has 0 bridgehead atoms. The SMILES string of the molecule is CCCCCCCCCCCCCCCC(=O)N[C@H]1CN(C(=O)[C@@H](C)NC)CCN2CC[C@@H](C(=O)NC(c3ccccc3)c3ccccc3)N2C1=O. The number of nitrogens with zero attached hydrogens (tertiary/aromatic N) is 3. The molecule has 2 aliphatic heterocycles. The number of carbonyl (C=O) groups excluding carboxylic acids is 4. The van der Waals surface area contributed by atoms with Gasteiger partial charge in [-0.05, 0) is 37.9 Å². The van der Waals surface area contributed by atoms with Crippen LogP contribution in [0.25, 0.3) is 0 Å². The van der Waals surface area contributed by atoms with Crippen LogP contribution in [-0.4, -0.2) is 89.9 Å². The third-order valence-electron chi connectivity index (χ3n) is 10.6. The monoisotopic (exact) mass is 716 g/mol. The van der Waals surface area contributed by atoms with Crippen molar-refractivity contribution in [3.63, 3.8) is 0 Å². The molecule has 286 valence electrons. The summed E-state index contributed by atoms with van der Waals surface area (Å²) >= 11 is 0. The highest BCUT2D eigenvalue weighted by Gasteiger charge is 2.45. The summed E-state index contributed by atoms with van der Waals surface area (Å²) in [5.41, 5.74) is 1.89. The van der Waals surface area contributed by atoms with Crippen LogP contribution in [0, 0.1) is 0 Å². The van der Waals surface area contributed by atoms with Gasteiger partial charge in [0.2, 0.25) is 17.7 Å². The Morgan fingerprint density at radius 2 is 1.29 bits per heavy atom. The molecule has 0 aliphatic carbocycles. The van der Waals surface area contributed by atoms with Crippen molar-refractivity contribution in [1.29, 1.82) is 0 Å². The Labute approximate surface area is 312 Å². The van der Waals surface area contributed by atoms with Crippen LogP contribution < -0.4 is 16.0 Å². The van der Waals surface area contributed by atoms with Crippen LogP contribution in [0.2, 0.25) is 0 Å². The molecule has 10 heteroatoms. The maximum Gasteiger partial charge on any atom is 0.262 e. The van der Waals surface area contributed by atoms with Gasteiger partial charge in [0.1, 0.15) is 12.1 Å². The van der Waals surface area contributed by atoms with Gasteiger partial charge in [0, 0.05) is 26.1 Å². The van der Waals surface area contributed by atoms with Crippen molar-refractivity contribution in [2.24, 2.45) is 0 Å². The number of hydrogen-bond donors (Lipinski definition) is 3. The van der Waals surface area contributed by atoms with Gasteiger partial charge in [0.15, 0.2) is 0 Å². The Kier molecular flexibility index (Phi) is 17.6. The van der Waals surface area contributed by atoms with E-state index in [1.54, 1.807) is 23.9 Å². The molecule has 0 spiro atoms. The Morgan fingerprint density at radius 1 is 0.750 bits per heavy atom. The first kappa shape index (κ1) is 41.0. The molecule has 3 atom stereocenters. The lowest BCUT2D eigenvalue weighted by Crippen LogP contribution is -2.64. The van der Waals surface area contributed by atoms with E-state index in [2.05, 4.69) is 22.9 Å². The Balaban J connectivity index is 1.36. The van der Waals surface area contributed by atoms with Crippen molar-refractivity contribution in [1.82, 2.24) is 30.9 Å². The van der Waals surface area contributed by atoms with Gasteiger partial charge in [-0.3, -0.25) is 24.2 Å². The minimum absolute atomic E-state index is 0.0589. The predicted octanol–water partition coefficient (Wildman–Crippen LogP) is 6.13. The highest BCUT2D eigenvalue weighted by molar-refractivity contribution is 5.93. The molecule has 2 aromatic rings. The van der Waals surface area contributed by atoms with E-state index in [-0.39, 0.29) is 36.2 Å². The zero-order valence-electron chi connectivity index (χ0n) is 32.0. The van der Waals surface area contributed by atoms with Crippen molar-refractivity contribution in [2.75, 3.05) is 33.2 Å². The topological polar surface area (TPSA) is 114 Å². The van der Waals surface area contributed by atoms with Gasteiger partial charge in [0.25, 0.3) is 5.91 Å². The maximum atomic E-state index is 14.4. The third-order valence-corrected chi connectivity index (χ3v) is 10.6. The number of nitrogens with one attached hydrogen (secondary N) is 3. The number of likely N-dealkylation sites (N-methyl/N-ethyl adjacent to an activating group) is 1. The molecule has 2 aliphatic rings. The molecule has 0 unspecified atom stereocenters. The van der Waals surface area contributed by atoms with E-state index >= 15 is 0 Å². The number of benzene rings is 2. The molecule has 4 amide bonds. The summed E-state index contributed by atoms with van der Waals surface area (Å²) in [6, 6.07) is 17.1. The van der Waals surface area contributed by atoms with Crippen LogP contribution >= 0.6 is 0 Å². The fourth-order valence-corrected chi connectivity index (χ4v) is 7.40. The highest BCUT2D eigenvalue weighted by Crippen LogP contribution is 2.26. The third kappa shape index (κ3) is 12.4. The molecule has 3 N–H and O–H groups in total. The van der Waals surface area contributed by atoms with Crippen LogP contribution in [0.1, 0.15) is 127 Å². The summed E-state index contributed by atoms with van der Waals surface area (Å²) in [6.45, 7) is 5.40. The van der Waals surface area contributed by atoms with Crippen molar-refractivity contribution < 1.29 is 19.2 Å². The molecule has 10 nitrogen and oxygen atoms in total. The Hall–Kier alpha value is -3.76. The second-order valence-electron chi connectivity index (χ2n) is 14.6. The van der Waals surface area contributed by atoms with Crippen molar-refractivity contribution in [3.8, 4) is 0 Å². The molecule has 0 radical (unpaired) electrons. The number of fused-ring (bicyclic) bond motifs is 1. The van der Waals surface area contributed by atoms with E-state index in [9.17, 15) is 19.2 Å². The second-order valence-corrected chi connectivity index (χ2v) is 14.6. The van der Waals surface area contributed by atoms with Crippen LogP contribution in [0.4, 0.5) is 0 Å². The van der Waals surface area contributed by atoms with Gasteiger partial charge in [-0.25, -0.2) is 5.01 Å². The molecular formula is C42H64N6O4. The van der Waals surface area contributed by atoms with Crippen molar-refractivity contribution >= 4 is 23.6 Å². The predicted molar refractivity (Wildman–Crippen MR) is 207 cm³/mol. The Bertz CT molecular complexity index is 1340. The minimum Gasteiger partial charge on any atom is -0.343 e. The minimum atomic E-state index is -0.960. The second kappa shape index (κ2) is 22.3. The molecule has 2 aromatic carbocycles. The lowest BCUT2D eigenvalue weighted by atomic mass is 9.98. The average molecular weight is 717 g/mol. The van der Waals surface area contributed by atoms with E-state index in [0.717, 1.165) is 30.4 Å². The van der Waals surface area contributed by atoms with Gasteiger partial charge in [0.05, 0.1) is 18.6 Å². The quantitative estimate of drug-likeness (QED) is 0.134. The van der Waals surface area contributed by atoms with Gasteiger partial charge in [-0.2, -0.15) is 0 Å². The number of carbonyl (C=O) groups is 4. The summed E-state index contributed by atoms with van der Waals surface area (Å²) in [4.78, 5) is 56.8. The van der Waals surface area contributed by atoms with E-state index in [1.165, 1.54) is 64.2 Å². The lowest BCUT2D eigenvalue weighted by molar-refractivity contribution is -0.160. The lowest BCUT2D eigenvalue weighted by Gasteiger charge is -2.40. The summed E-state index contributed by atoms with van der Waals surface area (Å²) in [6.07, 6.45) is 16.7. The number of amides is 4. The van der Waals surface area contributed by atoms with E-state index in [0.29, 0.717) is 32.5 Å².